The van der Waals surface area contributed by atoms with Crippen LogP contribution in [0.4, 0.5) is 0 Å². The highest BCUT2D eigenvalue weighted by Gasteiger charge is 2.28. The van der Waals surface area contributed by atoms with E-state index in [2.05, 4.69) is 17.0 Å². The minimum absolute atomic E-state index is 0.0397. The number of aryl methyl sites for hydroxylation is 1. The zero-order chi connectivity index (χ0) is 14.5. The van der Waals surface area contributed by atoms with E-state index in [0.717, 1.165) is 31.5 Å². The van der Waals surface area contributed by atoms with Crippen LogP contribution in [0.5, 0.6) is 0 Å². The molecule has 1 fully saturated rings. The lowest BCUT2D eigenvalue weighted by Crippen LogP contribution is -2.46. The Morgan fingerprint density at radius 1 is 1.30 bits per heavy atom. The zero-order valence-corrected chi connectivity index (χ0v) is 12.9. The van der Waals surface area contributed by atoms with Gasteiger partial charge in [-0.2, -0.15) is 0 Å². The highest BCUT2D eigenvalue weighted by molar-refractivity contribution is 7.89. The maximum atomic E-state index is 12.1. The van der Waals surface area contributed by atoms with Crippen LogP contribution < -0.4 is 10.0 Å². The van der Waals surface area contributed by atoms with Crippen LogP contribution in [0.15, 0.2) is 30.3 Å². The van der Waals surface area contributed by atoms with E-state index in [1.165, 1.54) is 0 Å². The number of hydrogen-bond donors (Lipinski definition) is 2. The molecule has 0 aliphatic carbocycles. The SMILES string of the molecule is CC1(CNS(=O)(=O)CCc2ccccc2)CCCNC1. The summed E-state index contributed by atoms with van der Waals surface area (Å²) < 4.78 is 26.9. The molecule has 112 valence electrons. The average molecular weight is 296 g/mol. The predicted molar refractivity (Wildman–Crippen MR) is 82.1 cm³/mol. The van der Waals surface area contributed by atoms with E-state index in [4.69, 9.17) is 0 Å². The van der Waals surface area contributed by atoms with Crippen LogP contribution in [-0.2, 0) is 16.4 Å². The number of rotatable bonds is 6. The molecule has 1 heterocycles. The lowest BCUT2D eigenvalue weighted by molar-refractivity contribution is 0.238. The summed E-state index contributed by atoms with van der Waals surface area (Å²) in [5.41, 5.74) is 1.10. The van der Waals surface area contributed by atoms with Crippen molar-refractivity contribution >= 4 is 10.0 Å². The van der Waals surface area contributed by atoms with Crippen LogP contribution in [0.1, 0.15) is 25.3 Å². The third-order valence-corrected chi connectivity index (χ3v) is 5.23. The Kier molecular flexibility index (Phi) is 5.18. The van der Waals surface area contributed by atoms with Crippen LogP contribution in [0.3, 0.4) is 0 Å². The maximum Gasteiger partial charge on any atom is 0.211 e. The van der Waals surface area contributed by atoms with Gasteiger partial charge in [-0.3, -0.25) is 0 Å². The van der Waals surface area contributed by atoms with Gasteiger partial charge in [0.2, 0.25) is 10.0 Å². The first-order chi connectivity index (χ1) is 9.49. The molecule has 0 amide bonds. The van der Waals surface area contributed by atoms with Crippen LogP contribution in [0.2, 0.25) is 0 Å². The molecular formula is C15H24N2O2S. The third-order valence-electron chi connectivity index (χ3n) is 3.91. The van der Waals surface area contributed by atoms with Gasteiger partial charge >= 0.3 is 0 Å². The van der Waals surface area contributed by atoms with Gasteiger partial charge in [-0.05, 0) is 36.8 Å². The molecule has 0 radical (unpaired) electrons. The lowest BCUT2D eigenvalue weighted by atomic mass is 9.83. The van der Waals surface area contributed by atoms with Gasteiger partial charge in [0, 0.05) is 13.1 Å². The van der Waals surface area contributed by atoms with Gasteiger partial charge < -0.3 is 5.32 Å². The Bertz CT molecular complexity index is 508. The highest BCUT2D eigenvalue weighted by Crippen LogP contribution is 2.24. The van der Waals surface area contributed by atoms with Crippen LogP contribution in [0, 0.1) is 5.41 Å². The van der Waals surface area contributed by atoms with E-state index in [0.29, 0.717) is 13.0 Å². The molecule has 0 aromatic heterocycles. The fourth-order valence-corrected chi connectivity index (χ4v) is 3.74. The number of piperidine rings is 1. The molecule has 1 atom stereocenters. The van der Waals surface area contributed by atoms with Gasteiger partial charge in [0.05, 0.1) is 5.75 Å². The van der Waals surface area contributed by atoms with E-state index in [-0.39, 0.29) is 11.2 Å². The molecule has 0 saturated carbocycles. The summed E-state index contributed by atoms with van der Waals surface area (Å²) in [7, 11) is -3.20. The number of nitrogens with one attached hydrogen (secondary N) is 2. The number of hydrogen-bond acceptors (Lipinski definition) is 3. The molecule has 1 unspecified atom stereocenters. The van der Waals surface area contributed by atoms with Gasteiger partial charge in [0.15, 0.2) is 0 Å². The second-order valence-corrected chi connectivity index (χ2v) is 7.89. The molecule has 2 rings (SSSR count). The largest absolute Gasteiger partial charge is 0.316 e. The Hall–Kier alpha value is -0.910. The van der Waals surface area contributed by atoms with Crippen LogP contribution in [0.25, 0.3) is 0 Å². The van der Waals surface area contributed by atoms with Crippen molar-refractivity contribution in [3.63, 3.8) is 0 Å². The Balaban J connectivity index is 1.82. The summed E-state index contributed by atoms with van der Waals surface area (Å²) in [4.78, 5) is 0. The van der Waals surface area contributed by atoms with Crippen LogP contribution >= 0.6 is 0 Å². The van der Waals surface area contributed by atoms with E-state index in [9.17, 15) is 8.42 Å². The molecule has 4 nitrogen and oxygen atoms in total. The van der Waals surface area contributed by atoms with E-state index in [1.807, 2.05) is 30.3 Å². The van der Waals surface area contributed by atoms with Gasteiger partial charge in [-0.15, -0.1) is 0 Å². The van der Waals surface area contributed by atoms with Crippen molar-refractivity contribution in [3.8, 4) is 0 Å². The first kappa shape index (κ1) is 15.5. The first-order valence-electron chi connectivity index (χ1n) is 7.21. The van der Waals surface area contributed by atoms with Crippen molar-refractivity contribution in [2.75, 3.05) is 25.4 Å². The Labute approximate surface area is 122 Å². The van der Waals surface area contributed by atoms with E-state index < -0.39 is 10.0 Å². The van der Waals surface area contributed by atoms with Crippen molar-refractivity contribution in [2.24, 2.45) is 5.41 Å². The van der Waals surface area contributed by atoms with Crippen LogP contribution in [-0.4, -0.2) is 33.8 Å². The second kappa shape index (κ2) is 6.70. The molecule has 2 N–H and O–H groups in total. The predicted octanol–water partition coefficient (Wildman–Crippen LogP) is 1.54. The van der Waals surface area contributed by atoms with Crippen molar-refractivity contribution in [3.05, 3.63) is 35.9 Å². The van der Waals surface area contributed by atoms with E-state index in [1.54, 1.807) is 0 Å². The van der Waals surface area contributed by atoms with E-state index >= 15 is 0 Å². The summed E-state index contributed by atoms with van der Waals surface area (Å²) in [6.07, 6.45) is 2.74. The fourth-order valence-electron chi connectivity index (χ4n) is 2.52. The van der Waals surface area contributed by atoms with Crippen molar-refractivity contribution in [2.45, 2.75) is 26.2 Å². The average Bonchev–Trinajstić information content (AvgIpc) is 2.46. The molecule has 1 aliphatic heterocycles. The first-order valence-corrected chi connectivity index (χ1v) is 8.86. The quantitative estimate of drug-likeness (QED) is 0.837. The molecule has 20 heavy (non-hydrogen) atoms. The van der Waals surface area contributed by atoms with Gasteiger partial charge in [0.1, 0.15) is 0 Å². The summed E-state index contributed by atoms with van der Waals surface area (Å²) in [6.45, 7) is 4.58. The van der Waals surface area contributed by atoms with Crippen molar-refractivity contribution in [1.82, 2.24) is 10.0 Å². The Morgan fingerprint density at radius 3 is 2.70 bits per heavy atom. The van der Waals surface area contributed by atoms with Gasteiger partial charge in [0.25, 0.3) is 0 Å². The monoisotopic (exact) mass is 296 g/mol. The third kappa shape index (κ3) is 4.89. The zero-order valence-electron chi connectivity index (χ0n) is 12.1. The Morgan fingerprint density at radius 2 is 2.05 bits per heavy atom. The molecule has 1 aliphatic rings. The summed E-state index contributed by atoms with van der Waals surface area (Å²) in [5.74, 6) is 0.153. The minimum Gasteiger partial charge on any atom is -0.316 e. The smallest absolute Gasteiger partial charge is 0.211 e. The summed E-state index contributed by atoms with van der Waals surface area (Å²) in [5, 5.41) is 3.33. The minimum atomic E-state index is -3.20. The molecular weight excluding hydrogens is 272 g/mol. The maximum absolute atomic E-state index is 12.1. The van der Waals surface area contributed by atoms with Gasteiger partial charge in [-0.1, -0.05) is 37.3 Å². The molecule has 0 bridgehead atoms. The molecule has 0 spiro atoms. The standard InChI is InChI=1S/C15H24N2O2S/c1-15(9-5-10-16-12-15)13-17-20(18,19)11-8-14-6-3-2-4-7-14/h2-4,6-7,16-17H,5,8-13H2,1H3. The number of sulfonamides is 1. The lowest BCUT2D eigenvalue weighted by Gasteiger charge is -2.34. The number of benzene rings is 1. The summed E-state index contributed by atoms with van der Waals surface area (Å²) in [6, 6.07) is 9.73. The van der Waals surface area contributed by atoms with Crippen molar-refractivity contribution in [1.29, 1.82) is 0 Å². The molecule has 5 heteroatoms. The normalized spacial score (nSPS) is 23.6. The summed E-state index contributed by atoms with van der Waals surface area (Å²) >= 11 is 0. The second-order valence-electron chi connectivity index (χ2n) is 5.97. The molecule has 1 aromatic rings. The molecule has 1 aromatic carbocycles. The molecule has 1 saturated heterocycles. The topological polar surface area (TPSA) is 58.2 Å². The van der Waals surface area contributed by atoms with Crippen molar-refractivity contribution < 1.29 is 8.42 Å². The fraction of sp³-hybridized carbons (Fsp3) is 0.600. The highest BCUT2D eigenvalue weighted by atomic mass is 32.2. The van der Waals surface area contributed by atoms with Gasteiger partial charge in [-0.25, -0.2) is 13.1 Å².